The number of thiophene rings is 1. The highest BCUT2D eigenvalue weighted by Gasteiger charge is 2.20. The molecule has 0 aliphatic carbocycles. The summed E-state index contributed by atoms with van der Waals surface area (Å²) in [6.45, 7) is 0. The van der Waals surface area contributed by atoms with Crippen molar-refractivity contribution in [1.82, 2.24) is 4.98 Å². The van der Waals surface area contributed by atoms with Crippen LogP contribution in [-0.4, -0.2) is 31.1 Å². The second-order valence-electron chi connectivity index (χ2n) is 3.62. The van der Waals surface area contributed by atoms with Crippen molar-refractivity contribution in [3.8, 4) is 0 Å². The van der Waals surface area contributed by atoms with Gasteiger partial charge in [-0.15, -0.1) is 11.3 Å². The van der Waals surface area contributed by atoms with Crippen molar-refractivity contribution >= 4 is 49.3 Å². The van der Waals surface area contributed by atoms with E-state index in [-0.39, 0.29) is 12.4 Å². The molecule has 2 heterocycles. The number of esters is 2. The topological polar surface area (TPSA) is 65.5 Å². The van der Waals surface area contributed by atoms with Crippen LogP contribution in [0.3, 0.4) is 0 Å². The van der Waals surface area contributed by atoms with Gasteiger partial charge in [0.15, 0.2) is 0 Å². The molecule has 0 aromatic carbocycles. The Hall–Kier alpha value is -1.47. The van der Waals surface area contributed by atoms with E-state index in [1.54, 1.807) is 12.3 Å². The van der Waals surface area contributed by atoms with Crippen LogP contribution in [0.25, 0.3) is 10.1 Å². The predicted octanol–water partition coefficient (Wildman–Crippen LogP) is 2.56. The molecule has 0 bridgehead atoms. The third-order valence-electron chi connectivity index (χ3n) is 2.53. The van der Waals surface area contributed by atoms with Crippen molar-refractivity contribution in [3.05, 3.63) is 27.3 Å². The molecule has 2 rings (SSSR count). The lowest BCUT2D eigenvalue weighted by Crippen LogP contribution is -2.06. The van der Waals surface area contributed by atoms with E-state index in [1.165, 1.54) is 25.6 Å². The Morgan fingerprint density at radius 3 is 2.74 bits per heavy atom. The molecular weight excluding hydrogens is 334 g/mol. The molecule has 0 saturated carbocycles. The average Bonchev–Trinajstić information content (AvgIpc) is 2.76. The summed E-state index contributed by atoms with van der Waals surface area (Å²) in [4.78, 5) is 27.6. The number of aromatic nitrogens is 1. The first-order valence-corrected chi connectivity index (χ1v) is 6.90. The summed E-state index contributed by atoms with van der Waals surface area (Å²) in [7, 11) is 2.65. The summed E-state index contributed by atoms with van der Waals surface area (Å²) in [5, 5.41) is 0.748. The smallest absolute Gasteiger partial charge is 0.349 e. The molecule has 2 aromatic rings. The van der Waals surface area contributed by atoms with Crippen molar-refractivity contribution in [1.29, 1.82) is 0 Å². The third kappa shape index (κ3) is 2.62. The van der Waals surface area contributed by atoms with Crippen molar-refractivity contribution in [3.63, 3.8) is 0 Å². The maximum atomic E-state index is 11.6. The van der Waals surface area contributed by atoms with Gasteiger partial charge in [-0.3, -0.25) is 9.78 Å². The van der Waals surface area contributed by atoms with Gasteiger partial charge >= 0.3 is 11.9 Å². The number of methoxy groups -OCH3 is 2. The molecule has 2 aromatic heterocycles. The molecule has 0 amide bonds. The Bertz CT molecular complexity index is 652. The Kier molecular flexibility index (Phi) is 4.16. The van der Waals surface area contributed by atoms with E-state index >= 15 is 0 Å². The minimum Gasteiger partial charge on any atom is -0.469 e. The number of carbonyl (C=O) groups excluding carboxylic acids is 2. The lowest BCUT2D eigenvalue weighted by Gasteiger charge is -2.01. The van der Waals surface area contributed by atoms with Gasteiger partial charge in [-0.2, -0.15) is 0 Å². The van der Waals surface area contributed by atoms with Crippen LogP contribution in [0.5, 0.6) is 0 Å². The second kappa shape index (κ2) is 5.66. The van der Waals surface area contributed by atoms with E-state index in [9.17, 15) is 9.59 Å². The number of pyridine rings is 1. The number of rotatable bonds is 3. The summed E-state index contributed by atoms with van der Waals surface area (Å²) >= 11 is 4.67. The fourth-order valence-corrected chi connectivity index (χ4v) is 3.65. The van der Waals surface area contributed by atoms with Crippen LogP contribution in [0, 0.1) is 0 Å². The molecule has 0 spiro atoms. The van der Waals surface area contributed by atoms with E-state index in [4.69, 9.17) is 4.74 Å². The van der Waals surface area contributed by atoms with Crippen LogP contribution < -0.4 is 0 Å². The molecular formula is C12H10BrNO4S. The molecule has 0 unspecified atom stereocenters. The second-order valence-corrected chi connectivity index (χ2v) is 5.47. The van der Waals surface area contributed by atoms with Crippen LogP contribution in [-0.2, 0) is 20.7 Å². The molecule has 5 nitrogen and oxygen atoms in total. The van der Waals surface area contributed by atoms with Crippen LogP contribution in [0.15, 0.2) is 16.7 Å². The Balaban J connectivity index is 2.58. The van der Waals surface area contributed by atoms with Gasteiger partial charge in [0.05, 0.1) is 30.8 Å². The summed E-state index contributed by atoms with van der Waals surface area (Å²) in [5.41, 5.74) is 0.572. The lowest BCUT2D eigenvalue weighted by atomic mass is 10.2. The van der Waals surface area contributed by atoms with Gasteiger partial charge in [-0.1, -0.05) is 0 Å². The molecule has 0 aliphatic heterocycles. The van der Waals surface area contributed by atoms with Gasteiger partial charge < -0.3 is 9.47 Å². The van der Waals surface area contributed by atoms with E-state index in [2.05, 4.69) is 25.7 Å². The minimum absolute atomic E-state index is 0.0593. The van der Waals surface area contributed by atoms with Gasteiger partial charge in [0.2, 0.25) is 0 Å². The van der Waals surface area contributed by atoms with Gasteiger partial charge in [-0.25, -0.2) is 4.79 Å². The number of hydrogen-bond acceptors (Lipinski definition) is 6. The van der Waals surface area contributed by atoms with Crippen LogP contribution >= 0.6 is 27.3 Å². The molecule has 0 radical (unpaired) electrons. The minimum atomic E-state index is -0.419. The van der Waals surface area contributed by atoms with Gasteiger partial charge in [0.25, 0.3) is 0 Å². The number of carbonyl (C=O) groups is 2. The number of ether oxygens (including phenoxy) is 2. The molecule has 0 fully saturated rings. The molecule has 0 N–H and O–H groups in total. The van der Waals surface area contributed by atoms with E-state index < -0.39 is 5.97 Å². The monoisotopic (exact) mass is 343 g/mol. The predicted molar refractivity (Wildman–Crippen MR) is 74.4 cm³/mol. The van der Waals surface area contributed by atoms with Crippen molar-refractivity contribution in [2.45, 2.75) is 6.42 Å². The highest BCUT2D eigenvalue weighted by Crippen LogP contribution is 2.37. The summed E-state index contributed by atoms with van der Waals surface area (Å²) in [6, 6.07) is 1.79. The van der Waals surface area contributed by atoms with Crippen molar-refractivity contribution in [2.75, 3.05) is 14.2 Å². The van der Waals surface area contributed by atoms with E-state index in [0.717, 1.165) is 10.1 Å². The SMILES string of the molecule is COC(=O)Cc1nccc2sc(C(=O)OC)c(Br)c12. The first-order valence-electron chi connectivity index (χ1n) is 5.29. The number of hydrogen-bond donors (Lipinski definition) is 0. The molecule has 0 atom stereocenters. The highest BCUT2D eigenvalue weighted by molar-refractivity contribution is 9.10. The van der Waals surface area contributed by atoms with E-state index in [1.807, 2.05) is 0 Å². The fourth-order valence-electron chi connectivity index (χ4n) is 1.64. The first kappa shape index (κ1) is 14.0. The lowest BCUT2D eigenvalue weighted by molar-refractivity contribution is -0.139. The Morgan fingerprint density at radius 1 is 1.37 bits per heavy atom. The standard InChI is InChI=1S/C12H10BrNO4S/c1-17-8(15)5-6-9-7(3-4-14-6)19-11(10(9)13)12(16)18-2/h3-4H,5H2,1-2H3. The van der Waals surface area contributed by atoms with Crippen LogP contribution in [0.4, 0.5) is 0 Å². The Morgan fingerprint density at radius 2 is 2.11 bits per heavy atom. The van der Waals surface area contributed by atoms with E-state index in [0.29, 0.717) is 15.0 Å². The number of nitrogens with zero attached hydrogens (tertiary/aromatic N) is 1. The number of fused-ring (bicyclic) bond motifs is 1. The Labute approximate surface area is 121 Å². The molecule has 19 heavy (non-hydrogen) atoms. The summed E-state index contributed by atoms with van der Waals surface area (Å²) in [5.74, 6) is -0.796. The van der Waals surface area contributed by atoms with Gasteiger partial charge in [-0.05, 0) is 22.0 Å². The van der Waals surface area contributed by atoms with Crippen molar-refractivity contribution < 1.29 is 19.1 Å². The highest BCUT2D eigenvalue weighted by atomic mass is 79.9. The normalized spacial score (nSPS) is 10.5. The molecule has 0 aliphatic rings. The molecule has 7 heteroatoms. The zero-order valence-electron chi connectivity index (χ0n) is 10.2. The zero-order valence-corrected chi connectivity index (χ0v) is 12.6. The fraction of sp³-hybridized carbons (Fsp3) is 0.250. The number of halogens is 1. The largest absolute Gasteiger partial charge is 0.469 e. The zero-order chi connectivity index (χ0) is 14.0. The molecule has 0 saturated heterocycles. The first-order chi connectivity index (χ1) is 9.08. The van der Waals surface area contributed by atoms with Crippen LogP contribution in [0.1, 0.15) is 15.4 Å². The van der Waals surface area contributed by atoms with Gasteiger partial charge in [0.1, 0.15) is 4.88 Å². The average molecular weight is 344 g/mol. The van der Waals surface area contributed by atoms with Crippen molar-refractivity contribution in [2.24, 2.45) is 0 Å². The van der Waals surface area contributed by atoms with Gasteiger partial charge in [0, 0.05) is 16.3 Å². The summed E-state index contributed by atoms with van der Waals surface area (Å²) in [6.07, 6.45) is 1.66. The third-order valence-corrected chi connectivity index (χ3v) is 4.72. The summed E-state index contributed by atoms with van der Waals surface area (Å²) < 4.78 is 10.8. The maximum absolute atomic E-state index is 11.6. The molecule has 100 valence electrons. The quantitative estimate of drug-likeness (QED) is 0.801. The van der Waals surface area contributed by atoms with Crippen LogP contribution in [0.2, 0.25) is 0 Å². The maximum Gasteiger partial charge on any atom is 0.349 e.